The molecule has 0 aromatic carbocycles. The Morgan fingerprint density at radius 1 is 1.21 bits per heavy atom. The Kier molecular flexibility index (Phi) is 4.91. The van der Waals surface area contributed by atoms with Crippen molar-refractivity contribution in [2.24, 2.45) is 7.05 Å². The minimum atomic E-state index is -4.49. The van der Waals surface area contributed by atoms with E-state index in [1.807, 2.05) is 5.01 Å². The van der Waals surface area contributed by atoms with Gasteiger partial charge in [-0.05, 0) is 25.0 Å². The van der Waals surface area contributed by atoms with Crippen molar-refractivity contribution in [1.29, 1.82) is 0 Å². The molecule has 4 heterocycles. The molecule has 1 aliphatic heterocycles. The van der Waals surface area contributed by atoms with Gasteiger partial charge in [-0.3, -0.25) is 13.9 Å². The number of nitrogens with zero attached hydrogens (tertiary/aromatic N) is 5. The molecular weight excluding hydrogens is 387 g/mol. The Bertz CT molecular complexity index is 1020. The molecular formula is C18H20F3N7O. The molecule has 3 aromatic heterocycles. The van der Waals surface area contributed by atoms with Gasteiger partial charge >= 0.3 is 6.18 Å². The number of aromatic nitrogens is 4. The average molecular weight is 407 g/mol. The van der Waals surface area contributed by atoms with Gasteiger partial charge in [0, 0.05) is 38.6 Å². The lowest BCUT2D eigenvalue weighted by molar-refractivity contribution is -0.140. The molecule has 29 heavy (non-hydrogen) atoms. The van der Waals surface area contributed by atoms with Crippen LogP contribution in [-0.4, -0.2) is 49.2 Å². The molecule has 0 unspecified atom stereocenters. The van der Waals surface area contributed by atoms with E-state index in [0.717, 1.165) is 6.20 Å². The zero-order chi connectivity index (χ0) is 20.6. The van der Waals surface area contributed by atoms with Gasteiger partial charge in [0.1, 0.15) is 11.5 Å². The third-order valence-corrected chi connectivity index (χ3v) is 4.85. The molecule has 8 nitrogen and oxygen atoms in total. The number of carbonyl (C=O) groups is 1. The van der Waals surface area contributed by atoms with Gasteiger partial charge in [0.25, 0.3) is 5.91 Å². The van der Waals surface area contributed by atoms with Crippen LogP contribution in [0.5, 0.6) is 0 Å². The van der Waals surface area contributed by atoms with Gasteiger partial charge in [0.2, 0.25) is 0 Å². The fourth-order valence-electron chi connectivity index (χ4n) is 3.34. The number of anilines is 1. The Balaban J connectivity index is 1.37. The molecule has 0 aliphatic carbocycles. The van der Waals surface area contributed by atoms with Crippen molar-refractivity contribution in [3.05, 3.63) is 48.0 Å². The quantitative estimate of drug-likeness (QED) is 0.694. The van der Waals surface area contributed by atoms with Gasteiger partial charge in [-0.25, -0.2) is 9.99 Å². The van der Waals surface area contributed by atoms with Gasteiger partial charge in [-0.2, -0.15) is 18.3 Å². The number of carbonyl (C=O) groups excluding carboxylic acids is 1. The monoisotopic (exact) mass is 407 g/mol. The van der Waals surface area contributed by atoms with Crippen LogP contribution >= 0.6 is 0 Å². The predicted molar refractivity (Wildman–Crippen MR) is 99.1 cm³/mol. The van der Waals surface area contributed by atoms with Gasteiger partial charge in [-0.15, -0.1) is 0 Å². The molecule has 1 fully saturated rings. The maximum atomic E-state index is 12.9. The smallest absolute Gasteiger partial charge is 0.349 e. The van der Waals surface area contributed by atoms with Crippen LogP contribution in [0.15, 0.2) is 36.8 Å². The first-order valence-corrected chi connectivity index (χ1v) is 9.16. The molecule has 0 spiro atoms. The summed E-state index contributed by atoms with van der Waals surface area (Å²) < 4.78 is 41.8. The molecule has 1 saturated heterocycles. The van der Waals surface area contributed by atoms with E-state index < -0.39 is 11.9 Å². The Labute approximate surface area is 164 Å². The average Bonchev–Trinajstić information content (AvgIpc) is 3.30. The molecule has 0 radical (unpaired) electrons. The first-order valence-electron chi connectivity index (χ1n) is 9.16. The SMILES string of the molecule is Cn1cc(C(=O)NC2CCN(Nc3cccc4nc(C(F)(F)F)cn34)CC2)cn1. The first-order chi connectivity index (χ1) is 13.8. The lowest BCUT2D eigenvalue weighted by atomic mass is 10.1. The zero-order valence-corrected chi connectivity index (χ0v) is 15.6. The van der Waals surface area contributed by atoms with Crippen LogP contribution in [0.2, 0.25) is 0 Å². The summed E-state index contributed by atoms with van der Waals surface area (Å²) in [5, 5.41) is 8.91. The van der Waals surface area contributed by atoms with E-state index in [0.29, 0.717) is 37.3 Å². The molecule has 1 amide bonds. The Morgan fingerprint density at radius 3 is 2.62 bits per heavy atom. The number of rotatable bonds is 4. The number of hydrogen-bond donors (Lipinski definition) is 2. The van der Waals surface area contributed by atoms with E-state index in [1.165, 1.54) is 16.7 Å². The molecule has 11 heteroatoms. The second kappa shape index (κ2) is 7.39. The molecule has 2 N–H and O–H groups in total. The van der Waals surface area contributed by atoms with Crippen LogP contribution in [-0.2, 0) is 13.2 Å². The number of hydrogen-bond acceptors (Lipinski definition) is 5. The summed E-state index contributed by atoms with van der Waals surface area (Å²) in [7, 11) is 1.75. The fourth-order valence-corrected chi connectivity index (χ4v) is 3.34. The van der Waals surface area contributed by atoms with Crippen molar-refractivity contribution in [3.63, 3.8) is 0 Å². The highest BCUT2D eigenvalue weighted by atomic mass is 19.4. The lowest BCUT2D eigenvalue weighted by Gasteiger charge is -2.33. The number of nitrogens with one attached hydrogen (secondary N) is 2. The third kappa shape index (κ3) is 4.19. The highest BCUT2D eigenvalue weighted by Crippen LogP contribution is 2.29. The van der Waals surface area contributed by atoms with Crippen molar-refractivity contribution < 1.29 is 18.0 Å². The number of amides is 1. The van der Waals surface area contributed by atoms with Gasteiger partial charge < -0.3 is 10.7 Å². The highest BCUT2D eigenvalue weighted by Gasteiger charge is 2.34. The molecule has 1 aliphatic rings. The van der Waals surface area contributed by atoms with Crippen molar-refractivity contribution in [1.82, 2.24) is 29.5 Å². The normalized spacial score (nSPS) is 16.3. The van der Waals surface area contributed by atoms with Crippen molar-refractivity contribution in [2.45, 2.75) is 25.1 Å². The summed E-state index contributed by atoms with van der Waals surface area (Å²) in [4.78, 5) is 15.9. The largest absolute Gasteiger partial charge is 0.434 e. The zero-order valence-electron chi connectivity index (χ0n) is 15.6. The lowest BCUT2D eigenvalue weighted by Crippen LogP contribution is -2.46. The summed E-state index contributed by atoms with van der Waals surface area (Å²) in [6.07, 6.45) is 1.10. The number of fused-ring (bicyclic) bond motifs is 1. The Morgan fingerprint density at radius 2 is 1.97 bits per heavy atom. The number of hydrazine groups is 1. The van der Waals surface area contributed by atoms with Crippen LogP contribution < -0.4 is 10.7 Å². The van der Waals surface area contributed by atoms with E-state index >= 15 is 0 Å². The number of alkyl halides is 3. The minimum absolute atomic E-state index is 0.0293. The topological polar surface area (TPSA) is 79.5 Å². The number of piperidine rings is 1. The summed E-state index contributed by atoms with van der Waals surface area (Å²) in [6.45, 7) is 1.27. The van der Waals surface area contributed by atoms with Crippen LogP contribution in [0, 0.1) is 0 Å². The summed E-state index contributed by atoms with van der Waals surface area (Å²) in [5.41, 5.74) is 2.97. The van der Waals surface area contributed by atoms with Crippen LogP contribution in [0.3, 0.4) is 0 Å². The standard InChI is InChI=1S/C18H20F3N7O/c1-26-10-12(9-22-26)17(29)23-13-5-7-27(8-6-13)25-16-4-2-3-15-24-14(11-28(15)16)18(19,20)21/h2-4,9-11,13,25H,5-8H2,1H3,(H,23,29). The van der Waals surface area contributed by atoms with E-state index in [-0.39, 0.29) is 17.6 Å². The summed E-state index contributed by atoms with van der Waals surface area (Å²) in [5.74, 6) is 0.343. The van der Waals surface area contributed by atoms with Gasteiger partial charge in [-0.1, -0.05) is 6.07 Å². The third-order valence-electron chi connectivity index (χ3n) is 4.85. The van der Waals surface area contributed by atoms with E-state index in [4.69, 9.17) is 0 Å². The maximum Gasteiger partial charge on any atom is 0.434 e. The summed E-state index contributed by atoms with van der Waals surface area (Å²) >= 11 is 0. The molecule has 0 bridgehead atoms. The second-order valence-electron chi connectivity index (χ2n) is 7.01. The van der Waals surface area contributed by atoms with E-state index in [1.54, 1.807) is 30.1 Å². The maximum absolute atomic E-state index is 12.9. The van der Waals surface area contributed by atoms with Crippen LogP contribution in [0.25, 0.3) is 5.65 Å². The second-order valence-corrected chi connectivity index (χ2v) is 7.01. The first kappa shape index (κ1) is 19.2. The number of aryl methyl sites for hydroxylation is 1. The van der Waals surface area contributed by atoms with Crippen LogP contribution in [0.4, 0.5) is 19.0 Å². The molecule has 0 saturated carbocycles. The predicted octanol–water partition coefficient (Wildman–Crippen LogP) is 2.31. The van der Waals surface area contributed by atoms with Gasteiger partial charge in [0.05, 0.1) is 11.8 Å². The highest BCUT2D eigenvalue weighted by molar-refractivity contribution is 5.93. The van der Waals surface area contributed by atoms with Crippen molar-refractivity contribution >= 4 is 17.4 Å². The molecule has 4 rings (SSSR count). The summed E-state index contributed by atoms with van der Waals surface area (Å²) in [6, 6.07) is 4.92. The minimum Gasteiger partial charge on any atom is -0.349 e. The van der Waals surface area contributed by atoms with Gasteiger partial charge in [0.15, 0.2) is 5.69 Å². The van der Waals surface area contributed by atoms with Crippen molar-refractivity contribution in [3.8, 4) is 0 Å². The fraction of sp³-hybridized carbons (Fsp3) is 0.389. The number of pyridine rings is 1. The Hall–Kier alpha value is -3.08. The van der Waals surface area contributed by atoms with Crippen LogP contribution in [0.1, 0.15) is 28.9 Å². The number of halogens is 3. The van der Waals surface area contributed by atoms with Crippen molar-refractivity contribution in [2.75, 3.05) is 18.5 Å². The van der Waals surface area contributed by atoms with E-state index in [2.05, 4.69) is 20.8 Å². The van der Waals surface area contributed by atoms with E-state index in [9.17, 15) is 18.0 Å². The molecule has 3 aromatic rings. The molecule has 154 valence electrons. The number of imidazole rings is 1. The molecule has 0 atom stereocenters.